The number of hydrogen-bond acceptors (Lipinski definition) is 4. The standard InChI is InChI=1S/C2H5NO4S2/c4-8(5)1-2-9(6,7)3-8/h3H,1-2H2. The summed E-state index contributed by atoms with van der Waals surface area (Å²) in [4.78, 5) is 0. The van der Waals surface area contributed by atoms with Crippen molar-refractivity contribution in [3.63, 3.8) is 0 Å². The maximum absolute atomic E-state index is 10.4. The van der Waals surface area contributed by atoms with Crippen molar-refractivity contribution in [2.75, 3.05) is 11.5 Å². The number of rotatable bonds is 0. The lowest BCUT2D eigenvalue weighted by atomic mass is 11.0. The van der Waals surface area contributed by atoms with Gasteiger partial charge >= 0.3 is 0 Å². The summed E-state index contributed by atoms with van der Waals surface area (Å²) in [7, 11) is -6.98. The minimum atomic E-state index is -3.49. The van der Waals surface area contributed by atoms with Crippen LogP contribution in [0.4, 0.5) is 0 Å². The molecule has 0 aromatic carbocycles. The Bertz CT molecular complexity index is 265. The van der Waals surface area contributed by atoms with Gasteiger partial charge in [-0.15, -0.1) is 4.13 Å². The molecule has 1 fully saturated rings. The van der Waals surface area contributed by atoms with E-state index >= 15 is 0 Å². The number of hydrogen-bond donors (Lipinski definition) is 1. The fourth-order valence-corrected chi connectivity index (χ4v) is 4.47. The van der Waals surface area contributed by atoms with Crippen LogP contribution < -0.4 is 4.13 Å². The van der Waals surface area contributed by atoms with E-state index in [0.717, 1.165) is 0 Å². The van der Waals surface area contributed by atoms with Crippen LogP contribution in [0.2, 0.25) is 0 Å². The predicted octanol–water partition coefficient (Wildman–Crippen LogP) is -1.75. The molecule has 0 radical (unpaired) electrons. The zero-order valence-electron chi connectivity index (χ0n) is 4.36. The van der Waals surface area contributed by atoms with Crippen LogP contribution in [0.1, 0.15) is 0 Å². The fraction of sp³-hybridized carbons (Fsp3) is 1.00. The molecule has 7 heteroatoms. The van der Waals surface area contributed by atoms with Gasteiger partial charge in [0.25, 0.3) is 0 Å². The minimum Gasteiger partial charge on any atom is -0.211 e. The molecule has 0 aliphatic carbocycles. The van der Waals surface area contributed by atoms with Crippen LogP contribution in [0.5, 0.6) is 0 Å². The first-order valence-corrected chi connectivity index (χ1v) is 5.46. The third-order valence-corrected chi connectivity index (χ3v) is 4.65. The van der Waals surface area contributed by atoms with Crippen LogP contribution in [0.15, 0.2) is 0 Å². The average Bonchev–Trinajstić information content (AvgIpc) is 1.78. The van der Waals surface area contributed by atoms with Gasteiger partial charge in [-0.1, -0.05) is 0 Å². The van der Waals surface area contributed by atoms with Crippen LogP contribution in [0, 0.1) is 0 Å². The van der Waals surface area contributed by atoms with Gasteiger partial charge in [-0.2, -0.15) is 0 Å². The van der Waals surface area contributed by atoms with E-state index in [1.165, 1.54) is 4.13 Å². The molecular weight excluding hydrogens is 166 g/mol. The Balaban J connectivity index is 3.09. The average molecular weight is 171 g/mol. The first-order valence-electron chi connectivity index (χ1n) is 2.15. The highest BCUT2D eigenvalue weighted by molar-refractivity contribution is 8.07. The Labute approximate surface area is 53.2 Å². The Kier molecular flexibility index (Phi) is 1.30. The smallest absolute Gasteiger partial charge is 0.211 e. The maximum Gasteiger partial charge on any atom is 0.225 e. The molecule has 54 valence electrons. The molecule has 0 aromatic rings. The zero-order chi connectivity index (χ0) is 7.12. The van der Waals surface area contributed by atoms with E-state index in [4.69, 9.17) is 0 Å². The van der Waals surface area contributed by atoms with Gasteiger partial charge in [0.1, 0.15) is 0 Å². The topological polar surface area (TPSA) is 80.3 Å². The van der Waals surface area contributed by atoms with E-state index in [0.29, 0.717) is 0 Å². The summed E-state index contributed by atoms with van der Waals surface area (Å²) in [5.74, 6) is -0.620. The van der Waals surface area contributed by atoms with Gasteiger partial charge < -0.3 is 0 Å². The summed E-state index contributed by atoms with van der Waals surface area (Å²) >= 11 is 0. The Morgan fingerprint density at radius 2 is 1.22 bits per heavy atom. The summed E-state index contributed by atoms with van der Waals surface area (Å²) in [6, 6.07) is 0. The van der Waals surface area contributed by atoms with Gasteiger partial charge in [0.05, 0.1) is 11.5 Å². The second-order valence-electron chi connectivity index (χ2n) is 1.72. The van der Waals surface area contributed by atoms with Crippen LogP contribution in [0.25, 0.3) is 0 Å². The summed E-state index contributed by atoms with van der Waals surface area (Å²) in [5, 5.41) is 0. The van der Waals surface area contributed by atoms with Gasteiger partial charge in [0.2, 0.25) is 20.0 Å². The Morgan fingerprint density at radius 1 is 0.889 bits per heavy atom. The van der Waals surface area contributed by atoms with E-state index in [9.17, 15) is 16.8 Å². The van der Waals surface area contributed by atoms with Crippen LogP contribution in [-0.4, -0.2) is 28.3 Å². The van der Waals surface area contributed by atoms with Crippen molar-refractivity contribution in [1.29, 1.82) is 0 Å². The maximum atomic E-state index is 10.4. The lowest BCUT2D eigenvalue weighted by molar-refractivity contribution is 0.589. The van der Waals surface area contributed by atoms with Crippen molar-refractivity contribution in [1.82, 2.24) is 4.13 Å². The van der Waals surface area contributed by atoms with Gasteiger partial charge in [-0.25, -0.2) is 16.8 Å². The van der Waals surface area contributed by atoms with Crippen LogP contribution in [0.3, 0.4) is 0 Å². The summed E-state index contributed by atoms with van der Waals surface area (Å²) in [6.07, 6.45) is 0. The molecule has 1 aliphatic rings. The van der Waals surface area contributed by atoms with E-state index in [1.54, 1.807) is 0 Å². The van der Waals surface area contributed by atoms with Crippen LogP contribution in [-0.2, 0) is 20.0 Å². The predicted molar refractivity (Wildman–Crippen MR) is 30.7 cm³/mol. The van der Waals surface area contributed by atoms with Gasteiger partial charge in [0, 0.05) is 0 Å². The third kappa shape index (κ3) is 1.63. The molecule has 1 heterocycles. The summed E-state index contributed by atoms with van der Waals surface area (Å²) < 4.78 is 42.9. The van der Waals surface area contributed by atoms with E-state index in [2.05, 4.69) is 0 Å². The molecule has 1 rings (SSSR count). The molecule has 0 spiro atoms. The van der Waals surface area contributed by atoms with E-state index in [1.807, 2.05) is 0 Å². The van der Waals surface area contributed by atoms with Crippen molar-refractivity contribution >= 4 is 20.0 Å². The molecule has 5 nitrogen and oxygen atoms in total. The lowest BCUT2D eigenvalue weighted by Gasteiger charge is -1.86. The normalized spacial score (nSPS) is 30.2. The first kappa shape index (κ1) is 6.97. The summed E-state index contributed by atoms with van der Waals surface area (Å²) in [6.45, 7) is 0. The van der Waals surface area contributed by atoms with Crippen molar-refractivity contribution in [2.24, 2.45) is 0 Å². The number of sulfonamides is 2. The largest absolute Gasteiger partial charge is 0.225 e. The Morgan fingerprint density at radius 3 is 1.33 bits per heavy atom. The van der Waals surface area contributed by atoms with Crippen molar-refractivity contribution < 1.29 is 16.8 Å². The molecule has 0 amide bonds. The van der Waals surface area contributed by atoms with Crippen molar-refractivity contribution in [3.8, 4) is 0 Å². The van der Waals surface area contributed by atoms with Crippen molar-refractivity contribution in [3.05, 3.63) is 0 Å². The Hall–Kier alpha value is -0.140. The highest BCUT2D eigenvalue weighted by atomic mass is 32.3. The second-order valence-corrected chi connectivity index (χ2v) is 5.66. The zero-order valence-corrected chi connectivity index (χ0v) is 6.00. The SMILES string of the molecule is O=S1(=O)CCS(=O)(=O)N1. The monoisotopic (exact) mass is 171 g/mol. The highest BCUT2D eigenvalue weighted by Crippen LogP contribution is 2.00. The summed E-state index contributed by atoms with van der Waals surface area (Å²) in [5.41, 5.74) is 0. The molecule has 0 saturated carbocycles. The highest BCUT2D eigenvalue weighted by Gasteiger charge is 2.29. The molecule has 1 N–H and O–H groups in total. The molecule has 9 heavy (non-hydrogen) atoms. The van der Waals surface area contributed by atoms with Gasteiger partial charge in [-0.3, -0.25) is 0 Å². The molecule has 0 unspecified atom stereocenters. The molecule has 1 saturated heterocycles. The third-order valence-electron chi connectivity index (χ3n) is 0.875. The molecular formula is C2H5NO4S2. The van der Waals surface area contributed by atoms with E-state index in [-0.39, 0.29) is 11.5 Å². The van der Waals surface area contributed by atoms with Gasteiger partial charge in [-0.05, 0) is 0 Å². The molecule has 1 aliphatic heterocycles. The van der Waals surface area contributed by atoms with E-state index < -0.39 is 20.0 Å². The first-order chi connectivity index (χ1) is 3.91. The lowest BCUT2D eigenvalue weighted by Crippen LogP contribution is -2.20. The number of nitrogens with one attached hydrogen (secondary N) is 1. The second kappa shape index (κ2) is 1.68. The fourth-order valence-electron chi connectivity index (χ4n) is 0.496. The molecule has 0 atom stereocenters. The van der Waals surface area contributed by atoms with Gasteiger partial charge in [0.15, 0.2) is 0 Å². The molecule has 0 aromatic heterocycles. The minimum absolute atomic E-state index is 0.310. The molecule has 0 bridgehead atoms. The van der Waals surface area contributed by atoms with Crippen molar-refractivity contribution in [2.45, 2.75) is 0 Å². The quantitative estimate of drug-likeness (QED) is 0.468. The van der Waals surface area contributed by atoms with Crippen LogP contribution >= 0.6 is 0 Å².